The van der Waals surface area contributed by atoms with Crippen LogP contribution in [0.3, 0.4) is 0 Å². The zero-order chi connectivity index (χ0) is 10.6. The van der Waals surface area contributed by atoms with E-state index in [9.17, 15) is 5.11 Å². The Balaban J connectivity index is 2.64. The van der Waals surface area contributed by atoms with Crippen molar-refractivity contribution in [2.24, 2.45) is 12.8 Å². The summed E-state index contributed by atoms with van der Waals surface area (Å²) in [6.07, 6.45) is 1.90. The first-order chi connectivity index (χ1) is 6.59. The molecule has 6 nitrogen and oxygen atoms in total. The number of nitrogens with two attached hydrogens (primary N) is 1. The van der Waals surface area contributed by atoms with Crippen molar-refractivity contribution in [2.75, 3.05) is 6.54 Å². The SMILES string of the molecule is CCCC(O)(CN)Cc1nnn(C)n1. The molecule has 0 fully saturated rings. The lowest BCUT2D eigenvalue weighted by molar-refractivity contribution is 0.0379. The third-order valence-electron chi connectivity index (χ3n) is 2.13. The Kier molecular flexibility index (Phi) is 3.54. The van der Waals surface area contributed by atoms with Crippen LogP contribution >= 0.6 is 0 Å². The zero-order valence-electron chi connectivity index (χ0n) is 8.64. The summed E-state index contributed by atoms with van der Waals surface area (Å²) in [6, 6.07) is 0. The molecule has 0 aromatic carbocycles. The van der Waals surface area contributed by atoms with Gasteiger partial charge in [-0.15, -0.1) is 10.2 Å². The Morgan fingerprint density at radius 1 is 1.57 bits per heavy atom. The molecule has 0 aliphatic carbocycles. The number of tetrazole rings is 1. The van der Waals surface area contributed by atoms with E-state index in [2.05, 4.69) is 15.4 Å². The van der Waals surface area contributed by atoms with Gasteiger partial charge in [0.1, 0.15) is 0 Å². The van der Waals surface area contributed by atoms with Crippen LogP contribution in [-0.2, 0) is 13.5 Å². The highest BCUT2D eigenvalue weighted by Gasteiger charge is 2.26. The maximum absolute atomic E-state index is 10.0. The molecule has 80 valence electrons. The number of hydrogen-bond acceptors (Lipinski definition) is 5. The van der Waals surface area contributed by atoms with Crippen molar-refractivity contribution in [1.29, 1.82) is 0 Å². The predicted octanol–water partition coefficient (Wildman–Crippen LogP) is -0.757. The molecule has 6 heteroatoms. The first-order valence-electron chi connectivity index (χ1n) is 4.75. The monoisotopic (exact) mass is 199 g/mol. The van der Waals surface area contributed by atoms with E-state index < -0.39 is 5.60 Å². The van der Waals surface area contributed by atoms with Crippen molar-refractivity contribution < 1.29 is 5.11 Å². The van der Waals surface area contributed by atoms with Crippen molar-refractivity contribution in [3.05, 3.63) is 5.82 Å². The molecule has 1 aromatic heterocycles. The third kappa shape index (κ3) is 2.74. The minimum absolute atomic E-state index is 0.221. The molecule has 3 N–H and O–H groups in total. The molecule has 1 aromatic rings. The van der Waals surface area contributed by atoms with E-state index in [1.807, 2.05) is 6.92 Å². The van der Waals surface area contributed by atoms with Gasteiger partial charge in [0.25, 0.3) is 0 Å². The number of hydrogen-bond donors (Lipinski definition) is 2. The Morgan fingerprint density at radius 3 is 2.71 bits per heavy atom. The van der Waals surface area contributed by atoms with Gasteiger partial charge >= 0.3 is 0 Å². The fraction of sp³-hybridized carbons (Fsp3) is 0.875. The summed E-state index contributed by atoms with van der Waals surface area (Å²) >= 11 is 0. The Labute approximate surface area is 83.1 Å². The van der Waals surface area contributed by atoms with Gasteiger partial charge in [0.2, 0.25) is 0 Å². The Morgan fingerprint density at radius 2 is 2.29 bits per heavy atom. The molecule has 0 amide bonds. The summed E-state index contributed by atoms with van der Waals surface area (Å²) in [5.41, 5.74) is 4.62. The average molecular weight is 199 g/mol. The molecular formula is C8H17N5O. The molecule has 1 atom stereocenters. The zero-order valence-corrected chi connectivity index (χ0v) is 8.64. The molecule has 0 saturated heterocycles. The molecule has 0 spiro atoms. The highest BCUT2D eigenvalue weighted by molar-refractivity contribution is 4.91. The van der Waals surface area contributed by atoms with Crippen molar-refractivity contribution >= 4 is 0 Å². The van der Waals surface area contributed by atoms with E-state index in [0.29, 0.717) is 18.7 Å². The van der Waals surface area contributed by atoms with Crippen molar-refractivity contribution in [3.63, 3.8) is 0 Å². The summed E-state index contributed by atoms with van der Waals surface area (Å²) in [7, 11) is 1.69. The fourth-order valence-corrected chi connectivity index (χ4v) is 1.42. The summed E-state index contributed by atoms with van der Waals surface area (Å²) in [5, 5.41) is 21.6. The molecule has 0 radical (unpaired) electrons. The summed E-state index contributed by atoms with van der Waals surface area (Å²) in [6.45, 7) is 2.23. The first kappa shape index (κ1) is 11.1. The molecule has 0 aliphatic heterocycles. The lowest BCUT2D eigenvalue weighted by Gasteiger charge is -2.24. The topological polar surface area (TPSA) is 89.9 Å². The van der Waals surface area contributed by atoms with Gasteiger partial charge in [-0.1, -0.05) is 13.3 Å². The second-order valence-corrected chi connectivity index (χ2v) is 3.55. The molecule has 1 rings (SSSR count). The second-order valence-electron chi connectivity index (χ2n) is 3.55. The summed E-state index contributed by atoms with van der Waals surface area (Å²) in [4.78, 5) is 1.37. The average Bonchev–Trinajstić information content (AvgIpc) is 2.51. The number of rotatable bonds is 5. The van der Waals surface area contributed by atoms with Crippen LogP contribution in [0.5, 0.6) is 0 Å². The lowest BCUT2D eigenvalue weighted by Crippen LogP contribution is -2.40. The first-order valence-corrected chi connectivity index (χ1v) is 4.75. The van der Waals surface area contributed by atoms with Gasteiger partial charge in [0.05, 0.1) is 12.6 Å². The molecule has 0 aliphatic rings. The number of aromatic nitrogens is 4. The van der Waals surface area contributed by atoms with Gasteiger partial charge < -0.3 is 10.8 Å². The molecule has 0 saturated carbocycles. The van der Waals surface area contributed by atoms with E-state index in [-0.39, 0.29) is 6.54 Å². The largest absolute Gasteiger partial charge is 0.388 e. The van der Waals surface area contributed by atoms with Gasteiger partial charge in [-0.3, -0.25) is 0 Å². The van der Waals surface area contributed by atoms with Gasteiger partial charge in [-0.25, -0.2) is 0 Å². The van der Waals surface area contributed by atoms with Gasteiger partial charge in [0.15, 0.2) is 5.82 Å². The van der Waals surface area contributed by atoms with Crippen LogP contribution in [0.2, 0.25) is 0 Å². The minimum Gasteiger partial charge on any atom is -0.388 e. The molecular weight excluding hydrogens is 182 g/mol. The predicted molar refractivity (Wildman–Crippen MR) is 51.4 cm³/mol. The molecule has 1 unspecified atom stereocenters. The van der Waals surface area contributed by atoms with Crippen LogP contribution in [0.1, 0.15) is 25.6 Å². The van der Waals surface area contributed by atoms with Gasteiger partial charge in [-0.2, -0.15) is 4.80 Å². The molecule has 1 heterocycles. The van der Waals surface area contributed by atoms with Crippen molar-refractivity contribution in [2.45, 2.75) is 31.8 Å². The highest BCUT2D eigenvalue weighted by Crippen LogP contribution is 2.15. The maximum Gasteiger partial charge on any atom is 0.177 e. The summed E-state index contributed by atoms with van der Waals surface area (Å²) in [5.74, 6) is 0.536. The number of nitrogens with zero attached hydrogens (tertiary/aromatic N) is 4. The number of aliphatic hydroxyl groups is 1. The summed E-state index contributed by atoms with van der Waals surface area (Å²) < 4.78 is 0. The standard InChI is InChI=1S/C8H17N5O/c1-3-4-8(14,6-9)5-7-10-12-13(2)11-7/h14H,3-6,9H2,1-2H3. The van der Waals surface area contributed by atoms with Gasteiger partial charge in [0, 0.05) is 13.0 Å². The van der Waals surface area contributed by atoms with Gasteiger partial charge in [-0.05, 0) is 11.6 Å². The van der Waals surface area contributed by atoms with E-state index >= 15 is 0 Å². The second kappa shape index (κ2) is 4.47. The van der Waals surface area contributed by atoms with E-state index in [1.54, 1.807) is 7.05 Å². The van der Waals surface area contributed by atoms with Crippen LogP contribution in [0.25, 0.3) is 0 Å². The van der Waals surface area contributed by atoms with E-state index in [1.165, 1.54) is 4.80 Å². The van der Waals surface area contributed by atoms with Crippen LogP contribution in [0.15, 0.2) is 0 Å². The Hall–Kier alpha value is -1.01. The van der Waals surface area contributed by atoms with Crippen LogP contribution < -0.4 is 5.73 Å². The van der Waals surface area contributed by atoms with E-state index in [4.69, 9.17) is 5.73 Å². The minimum atomic E-state index is -0.891. The smallest absolute Gasteiger partial charge is 0.177 e. The van der Waals surface area contributed by atoms with Crippen LogP contribution in [0, 0.1) is 0 Å². The lowest BCUT2D eigenvalue weighted by atomic mass is 9.94. The number of aryl methyl sites for hydroxylation is 1. The maximum atomic E-state index is 10.0. The highest BCUT2D eigenvalue weighted by atomic mass is 16.3. The fourth-order valence-electron chi connectivity index (χ4n) is 1.42. The van der Waals surface area contributed by atoms with Crippen molar-refractivity contribution in [1.82, 2.24) is 20.2 Å². The third-order valence-corrected chi connectivity index (χ3v) is 2.13. The van der Waals surface area contributed by atoms with Crippen molar-refractivity contribution in [3.8, 4) is 0 Å². The normalized spacial score (nSPS) is 15.4. The molecule has 14 heavy (non-hydrogen) atoms. The molecule has 0 bridgehead atoms. The quantitative estimate of drug-likeness (QED) is 0.650. The van der Waals surface area contributed by atoms with Crippen LogP contribution in [-0.4, -0.2) is 37.5 Å². The van der Waals surface area contributed by atoms with E-state index in [0.717, 1.165) is 6.42 Å². The Bertz CT molecular complexity index is 287. The van der Waals surface area contributed by atoms with Crippen LogP contribution in [0.4, 0.5) is 0 Å².